The van der Waals surface area contributed by atoms with Crippen molar-refractivity contribution in [2.24, 2.45) is 0 Å². The van der Waals surface area contributed by atoms with Crippen molar-refractivity contribution < 1.29 is 4.79 Å². The van der Waals surface area contributed by atoms with Crippen LogP contribution in [0, 0.1) is 13.8 Å². The Bertz CT molecular complexity index is 940. The first-order valence-electron chi connectivity index (χ1n) is 10.1. The lowest BCUT2D eigenvalue weighted by atomic mass is 9.96. The zero-order chi connectivity index (χ0) is 20.2. The van der Waals surface area contributed by atoms with Crippen molar-refractivity contribution in [2.75, 3.05) is 25.0 Å². The van der Waals surface area contributed by atoms with Crippen LogP contribution in [0.4, 0.5) is 5.13 Å². The molecule has 0 bridgehead atoms. The molecule has 0 aliphatic carbocycles. The highest BCUT2D eigenvalue weighted by molar-refractivity contribution is 7.15. The van der Waals surface area contributed by atoms with Gasteiger partial charge in [0.1, 0.15) is 5.82 Å². The number of amides is 1. The number of carbonyl (C=O) groups is 1. The molecule has 1 aliphatic rings. The topological polar surface area (TPSA) is 73.9 Å². The number of rotatable bonds is 6. The van der Waals surface area contributed by atoms with Crippen LogP contribution in [0.15, 0.2) is 36.7 Å². The summed E-state index contributed by atoms with van der Waals surface area (Å²) in [6.45, 7) is 6.34. The Morgan fingerprint density at radius 1 is 1.24 bits per heavy atom. The first-order chi connectivity index (χ1) is 14.1. The molecule has 1 saturated heterocycles. The van der Waals surface area contributed by atoms with E-state index in [1.54, 1.807) is 17.5 Å². The summed E-state index contributed by atoms with van der Waals surface area (Å²) in [5, 5.41) is 3.69. The van der Waals surface area contributed by atoms with Gasteiger partial charge in [-0.2, -0.15) is 0 Å². The Hall–Kier alpha value is -2.51. The minimum atomic E-state index is 0.0112. The Morgan fingerprint density at radius 2 is 2.00 bits per heavy atom. The van der Waals surface area contributed by atoms with E-state index in [2.05, 4.69) is 56.4 Å². The second kappa shape index (κ2) is 8.88. The highest BCUT2D eigenvalue weighted by atomic mass is 32.1. The Balaban J connectivity index is 1.28. The summed E-state index contributed by atoms with van der Waals surface area (Å²) in [5.74, 6) is 1.54. The summed E-state index contributed by atoms with van der Waals surface area (Å²) in [6, 6.07) is 8.56. The molecule has 1 amide bonds. The van der Waals surface area contributed by atoms with Gasteiger partial charge in [0.25, 0.3) is 0 Å². The van der Waals surface area contributed by atoms with E-state index in [-0.39, 0.29) is 5.91 Å². The number of likely N-dealkylation sites (tertiary alicyclic amines) is 1. The number of H-pyrrole nitrogens is 1. The molecule has 1 aromatic carbocycles. The van der Waals surface area contributed by atoms with Gasteiger partial charge in [-0.1, -0.05) is 29.8 Å². The van der Waals surface area contributed by atoms with E-state index in [9.17, 15) is 4.79 Å². The van der Waals surface area contributed by atoms with Crippen molar-refractivity contribution in [1.29, 1.82) is 0 Å². The first kappa shape index (κ1) is 19.8. The number of nitrogens with one attached hydrogen (secondary N) is 2. The maximum absolute atomic E-state index is 12.5. The van der Waals surface area contributed by atoms with E-state index in [0.29, 0.717) is 17.6 Å². The van der Waals surface area contributed by atoms with E-state index >= 15 is 0 Å². The van der Waals surface area contributed by atoms with Gasteiger partial charge < -0.3 is 10.3 Å². The molecule has 0 atom stereocenters. The number of piperidine rings is 1. The Kier molecular flexibility index (Phi) is 6.06. The molecule has 3 aromatic rings. The second-order valence-corrected chi connectivity index (χ2v) is 8.85. The van der Waals surface area contributed by atoms with E-state index in [1.165, 1.54) is 16.0 Å². The number of anilines is 1. The highest BCUT2D eigenvalue weighted by Crippen LogP contribution is 2.27. The van der Waals surface area contributed by atoms with Crippen LogP contribution in [0.1, 0.15) is 46.3 Å². The molecule has 3 heterocycles. The molecule has 2 N–H and O–H groups in total. The standard InChI is InChI=1S/C22H27N5OS/c1-15-3-5-17(6-4-15)13-19-16(2)25-22(29-19)26-20(28)14-27-11-7-18(8-12-27)21-23-9-10-24-21/h3-6,9-10,18H,7-8,11-14H2,1-2H3,(H,23,24)(H,25,26,28). The average Bonchev–Trinajstić information content (AvgIpc) is 3.35. The fraction of sp³-hybridized carbons (Fsp3) is 0.409. The number of imidazole rings is 1. The smallest absolute Gasteiger partial charge is 0.240 e. The highest BCUT2D eigenvalue weighted by Gasteiger charge is 2.23. The summed E-state index contributed by atoms with van der Waals surface area (Å²) in [4.78, 5) is 28.0. The molecule has 0 saturated carbocycles. The number of nitrogens with zero attached hydrogens (tertiary/aromatic N) is 3. The van der Waals surface area contributed by atoms with Crippen molar-refractivity contribution in [1.82, 2.24) is 19.9 Å². The van der Waals surface area contributed by atoms with Gasteiger partial charge in [-0.25, -0.2) is 9.97 Å². The van der Waals surface area contributed by atoms with Gasteiger partial charge in [0, 0.05) is 29.6 Å². The largest absolute Gasteiger partial charge is 0.348 e. The third-order valence-electron chi connectivity index (χ3n) is 5.49. The van der Waals surface area contributed by atoms with Crippen molar-refractivity contribution in [2.45, 2.75) is 39.0 Å². The monoisotopic (exact) mass is 409 g/mol. The van der Waals surface area contributed by atoms with Crippen molar-refractivity contribution in [3.05, 3.63) is 64.2 Å². The Morgan fingerprint density at radius 3 is 2.69 bits per heavy atom. The lowest BCUT2D eigenvalue weighted by Crippen LogP contribution is -2.38. The SMILES string of the molecule is Cc1ccc(Cc2sc(NC(=O)CN3CCC(c4ncc[nH]4)CC3)nc2C)cc1. The molecule has 29 heavy (non-hydrogen) atoms. The molecular formula is C22H27N5OS. The molecule has 0 spiro atoms. The number of thiazole rings is 1. The third kappa shape index (κ3) is 5.10. The molecule has 152 valence electrons. The van der Waals surface area contributed by atoms with Crippen molar-refractivity contribution >= 4 is 22.4 Å². The van der Waals surface area contributed by atoms with Gasteiger partial charge in [0.15, 0.2) is 5.13 Å². The van der Waals surface area contributed by atoms with E-state index < -0.39 is 0 Å². The van der Waals surface area contributed by atoms with Crippen LogP contribution in [0.3, 0.4) is 0 Å². The predicted molar refractivity (Wildman–Crippen MR) is 116 cm³/mol. The summed E-state index contributed by atoms with van der Waals surface area (Å²) in [7, 11) is 0. The van der Waals surface area contributed by atoms with Gasteiger partial charge in [-0.15, -0.1) is 11.3 Å². The second-order valence-electron chi connectivity index (χ2n) is 7.76. The molecule has 7 heteroatoms. The molecule has 1 fully saturated rings. The fourth-order valence-electron chi connectivity index (χ4n) is 3.76. The van der Waals surface area contributed by atoms with Gasteiger partial charge in [-0.3, -0.25) is 9.69 Å². The van der Waals surface area contributed by atoms with Crippen LogP contribution < -0.4 is 5.32 Å². The number of hydrogen-bond donors (Lipinski definition) is 2. The fourth-order valence-corrected chi connectivity index (χ4v) is 4.78. The van der Waals surface area contributed by atoms with Gasteiger partial charge >= 0.3 is 0 Å². The van der Waals surface area contributed by atoms with E-state index in [0.717, 1.165) is 43.9 Å². The summed E-state index contributed by atoms with van der Waals surface area (Å²) < 4.78 is 0. The zero-order valence-corrected chi connectivity index (χ0v) is 17.8. The van der Waals surface area contributed by atoms with Crippen LogP contribution in [0.5, 0.6) is 0 Å². The number of aryl methyl sites for hydroxylation is 2. The predicted octanol–water partition coefficient (Wildman–Crippen LogP) is 3.89. The molecule has 2 aromatic heterocycles. The summed E-state index contributed by atoms with van der Waals surface area (Å²) in [6.07, 6.45) is 6.58. The maximum Gasteiger partial charge on any atom is 0.240 e. The zero-order valence-electron chi connectivity index (χ0n) is 16.9. The van der Waals surface area contributed by atoms with Crippen LogP contribution in [0.2, 0.25) is 0 Å². The molecule has 4 rings (SSSR count). The number of carbonyl (C=O) groups excluding carboxylic acids is 1. The van der Waals surface area contributed by atoms with Crippen LogP contribution in [0.25, 0.3) is 0 Å². The summed E-state index contributed by atoms with van der Waals surface area (Å²) >= 11 is 1.57. The lowest BCUT2D eigenvalue weighted by molar-refractivity contribution is -0.117. The quantitative estimate of drug-likeness (QED) is 0.648. The van der Waals surface area contributed by atoms with Crippen LogP contribution in [-0.2, 0) is 11.2 Å². The van der Waals surface area contributed by atoms with E-state index in [1.807, 2.05) is 13.1 Å². The minimum absolute atomic E-state index is 0.0112. The Labute approximate surface area is 175 Å². The molecule has 6 nitrogen and oxygen atoms in total. The normalized spacial score (nSPS) is 15.5. The minimum Gasteiger partial charge on any atom is -0.348 e. The molecule has 0 radical (unpaired) electrons. The third-order valence-corrected chi connectivity index (χ3v) is 6.56. The number of aromatic nitrogens is 3. The number of hydrogen-bond acceptors (Lipinski definition) is 5. The first-order valence-corrected chi connectivity index (χ1v) is 10.9. The molecular weight excluding hydrogens is 382 g/mol. The van der Waals surface area contributed by atoms with Crippen LogP contribution in [-0.4, -0.2) is 45.4 Å². The lowest BCUT2D eigenvalue weighted by Gasteiger charge is -2.30. The summed E-state index contributed by atoms with van der Waals surface area (Å²) in [5.41, 5.74) is 3.51. The average molecular weight is 410 g/mol. The molecule has 0 unspecified atom stereocenters. The van der Waals surface area contributed by atoms with Gasteiger partial charge in [0.05, 0.1) is 12.2 Å². The number of aromatic amines is 1. The van der Waals surface area contributed by atoms with E-state index in [4.69, 9.17) is 0 Å². The van der Waals surface area contributed by atoms with Gasteiger partial charge in [0.2, 0.25) is 5.91 Å². The number of benzene rings is 1. The van der Waals surface area contributed by atoms with Crippen molar-refractivity contribution in [3.8, 4) is 0 Å². The molecule has 1 aliphatic heterocycles. The maximum atomic E-state index is 12.5. The van der Waals surface area contributed by atoms with Gasteiger partial charge in [-0.05, 0) is 45.3 Å². The van der Waals surface area contributed by atoms with Crippen LogP contribution >= 0.6 is 11.3 Å². The van der Waals surface area contributed by atoms with Crippen molar-refractivity contribution in [3.63, 3.8) is 0 Å².